The van der Waals surface area contributed by atoms with Gasteiger partial charge in [-0.2, -0.15) is 0 Å². The van der Waals surface area contributed by atoms with Crippen molar-refractivity contribution in [2.75, 3.05) is 4.90 Å². The second kappa shape index (κ2) is 16.5. The van der Waals surface area contributed by atoms with Crippen molar-refractivity contribution in [3.63, 3.8) is 0 Å². The van der Waals surface area contributed by atoms with Gasteiger partial charge in [-0.05, 0) is 119 Å². The van der Waals surface area contributed by atoms with Crippen LogP contribution in [-0.4, -0.2) is 0 Å². The third-order valence-corrected chi connectivity index (χ3v) is 13.7. The molecule has 13 rings (SSSR count). The molecular formula is C66H43NO. The van der Waals surface area contributed by atoms with Crippen molar-refractivity contribution in [1.82, 2.24) is 0 Å². The Labute approximate surface area is 395 Å². The maximum Gasteiger partial charge on any atom is 0.143 e. The van der Waals surface area contributed by atoms with Crippen LogP contribution in [0.25, 0.3) is 110 Å². The summed E-state index contributed by atoms with van der Waals surface area (Å²) in [6, 6.07) is 94.3. The minimum absolute atomic E-state index is 0.875. The summed E-state index contributed by atoms with van der Waals surface area (Å²) in [5.74, 6) is 0. The van der Waals surface area contributed by atoms with E-state index in [0.717, 1.165) is 55.7 Å². The Hall–Kier alpha value is -8.98. The van der Waals surface area contributed by atoms with E-state index in [-0.39, 0.29) is 0 Å². The predicted molar refractivity (Wildman–Crippen MR) is 288 cm³/mol. The van der Waals surface area contributed by atoms with Crippen molar-refractivity contribution in [2.24, 2.45) is 0 Å². The van der Waals surface area contributed by atoms with Gasteiger partial charge in [-0.15, -0.1) is 0 Å². The fraction of sp³-hybridized carbons (Fsp3) is 0. The molecule has 1 heterocycles. The molecule has 0 saturated carbocycles. The average Bonchev–Trinajstić information content (AvgIpc) is 3.81. The van der Waals surface area contributed by atoms with Gasteiger partial charge in [-0.1, -0.05) is 218 Å². The minimum Gasteiger partial charge on any atom is -0.455 e. The highest BCUT2D eigenvalue weighted by atomic mass is 16.3. The fourth-order valence-corrected chi connectivity index (χ4v) is 10.5. The highest BCUT2D eigenvalue weighted by Gasteiger charge is 2.22. The van der Waals surface area contributed by atoms with Gasteiger partial charge >= 0.3 is 0 Å². The van der Waals surface area contributed by atoms with Crippen molar-refractivity contribution < 1.29 is 4.42 Å². The van der Waals surface area contributed by atoms with Crippen LogP contribution in [0.2, 0.25) is 0 Å². The average molecular weight is 866 g/mol. The quantitative estimate of drug-likeness (QED) is 0.151. The lowest BCUT2D eigenvalue weighted by Crippen LogP contribution is -2.10. The fourth-order valence-electron chi connectivity index (χ4n) is 10.5. The van der Waals surface area contributed by atoms with Gasteiger partial charge in [0.05, 0.1) is 5.69 Å². The highest BCUT2D eigenvalue weighted by molar-refractivity contribution is 6.20. The number of hydrogen-bond donors (Lipinski definition) is 0. The number of furan rings is 1. The molecule has 2 nitrogen and oxygen atoms in total. The van der Waals surface area contributed by atoms with Crippen LogP contribution in [0.15, 0.2) is 265 Å². The van der Waals surface area contributed by atoms with Gasteiger partial charge in [-0.25, -0.2) is 0 Å². The van der Waals surface area contributed by atoms with E-state index in [1.54, 1.807) is 0 Å². The van der Waals surface area contributed by atoms with Gasteiger partial charge in [0.1, 0.15) is 11.2 Å². The standard InChI is InChI=1S/C66H43NO/c1-3-16-44(17-4-1)45-32-36-50(37-33-45)67(62-43-42-57(56-25-9-10-26-58(56)62)55-29-13-21-46-20-7-8-24-52(46)55)51-38-34-48(35-39-51)54-40-41-60(65-61-27-11-12-31-63(61)68-66(54)65)59-30-15-23-49-22-14-28-53(64(49)59)47-18-5-2-6-19-47/h1-43H. The summed E-state index contributed by atoms with van der Waals surface area (Å²) < 4.78 is 6.90. The molecule has 1 aromatic heterocycles. The van der Waals surface area contributed by atoms with Crippen LogP contribution in [0.3, 0.4) is 0 Å². The molecule has 0 atom stereocenters. The predicted octanol–water partition coefficient (Wildman–Crippen LogP) is 18.9. The van der Waals surface area contributed by atoms with E-state index >= 15 is 0 Å². The van der Waals surface area contributed by atoms with E-state index in [2.05, 4.69) is 266 Å². The Balaban J connectivity index is 0.967. The number of para-hydroxylation sites is 1. The molecule has 13 aromatic rings. The maximum atomic E-state index is 6.90. The monoisotopic (exact) mass is 865 g/mol. The number of hydrogen-bond acceptors (Lipinski definition) is 2. The van der Waals surface area contributed by atoms with Crippen molar-refractivity contribution >= 4 is 71.3 Å². The molecule has 318 valence electrons. The highest BCUT2D eigenvalue weighted by Crippen LogP contribution is 2.47. The van der Waals surface area contributed by atoms with Crippen LogP contribution >= 0.6 is 0 Å². The number of benzene rings is 12. The first-order valence-electron chi connectivity index (χ1n) is 23.3. The number of rotatable bonds is 8. The van der Waals surface area contributed by atoms with Gasteiger partial charge in [0, 0.05) is 33.1 Å². The summed E-state index contributed by atoms with van der Waals surface area (Å²) in [7, 11) is 0. The Kier molecular flexibility index (Phi) is 9.54. The molecule has 0 amide bonds. The molecule has 2 heteroatoms. The second-order valence-corrected chi connectivity index (χ2v) is 17.5. The van der Waals surface area contributed by atoms with Crippen molar-refractivity contribution in [3.05, 3.63) is 261 Å². The third-order valence-electron chi connectivity index (χ3n) is 13.7. The van der Waals surface area contributed by atoms with Gasteiger partial charge in [0.2, 0.25) is 0 Å². The van der Waals surface area contributed by atoms with E-state index in [1.165, 1.54) is 71.3 Å². The summed E-state index contributed by atoms with van der Waals surface area (Å²) in [5, 5.41) is 9.54. The molecule has 0 bridgehead atoms. The Morgan fingerprint density at radius 2 is 0.721 bits per heavy atom. The maximum absolute atomic E-state index is 6.90. The number of anilines is 3. The van der Waals surface area contributed by atoms with Crippen LogP contribution in [0.4, 0.5) is 17.1 Å². The first-order valence-corrected chi connectivity index (χ1v) is 23.3. The lowest BCUT2D eigenvalue weighted by Gasteiger charge is -2.28. The second-order valence-electron chi connectivity index (χ2n) is 17.5. The van der Waals surface area contributed by atoms with Crippen LogP contribution in [-0.2, 0) is 0 Å². The molecule has 0 fully saturated rings. The Bertz CT molecular complexity index is 3990. The largest absolute Gasteiger partial charge is 0.455 e. The molecule has 0 saturated heterocycles. The normalized spacial score (nSPS) is 11.5. The molecule has 0 N–H and O–H groups in total. The summed E-state index contributed by atoms with van der Waals surface area (Å²) in [4.78, 5) is 2.40. The summed E-state index contributed by atoms with van der Waals surface area (Å²) in [5.41, 5.74) is 16.7. The number of fused-ring (bicyclic) bond motifs is 6. The summed E-state index contributed by atoms with van der Waals surface area (Å²) in [6.45, 7) is 0. The first-order chi connectivity index (χ1) is 33.7. The van der Waals surface area contributed by atoms with E-state index in [4.69, 9.17) is 4.42 Å². The summed E-state index contributed by atoms with van der Waals surface area (Å²) in [6.07, 6.45) is 0. The van der Waals surface area contributed by atoms with Crippen molar-refractivity contribution in [2.45, 2.75) is 0 Å². The van der Waals surface area contributed by atoms with Crippen molar-refractivity contribution in [1.29, 1.82) is 0 Å². The number of nitrogens with zero attached hydrogens (tertiary/aromatic N) is 1. The molecule has 12 aromatic carbocycles. The zero-order valence-corrected chi connectivity index (χ0v) is 37.2. The van der Waals surface area contributed by atoms with Crippen LogP contribution in [0.5, 0.6) is 0 Å². The van der Waals surface area contributed by atoms with Crippen LogP contribution in [0, 0.1) is 0 Å². The lowest BCUT2D eigenvalue weighted by atomic mass is 9.88. The summed E-state index contributed by atoms with van der Waals surface area (Å²) >= 11 is 0. The topological polar surface area (TPSA) is 16.4 Å². The molecule has 0 radical (unpaired) electrons. The van der Waals surface area contributed by atoms with E-state index in [9.17, 15) is 0 Å². The third kappa shape index (κ3) is 6.65. The molecule has 0 unspecified atom stereocenters. The molecule has 0 aliphatic carbocycles. The van der Waals surface area contributed by atoms with Crippen molar-refractivity contribution in [3.8, 4) is 55.6 Å². The van der Waals surface area contributed by atoms with Gasteiger partial charge < -0.3 is 9.32 Å². The molecule has 0 aliphatic rings. The SMILES string of the molecule is c1ccc(-c2ccc(N(c3ccc(-c4ccc(-c5cccc6cccc(-c7ccccc7)c56)c5c4oc4ccccc45)cc3)c3ccc(-c4cccc5ccccc45)c4ccccc34)cc2)cc1. The minimum atomic E-state index is 0.875. The zero-order valence-electron chi connectivity index (χ0n) is 37.2. The molecule has 68 heavy (non-hydrogen) atoms. The van der Waals surface area contributed by atoms with Gasteiger partial charge in [0.25, 0.3) is 0 Å². The Morgan fingerprint density at radius 1 is 0.250 bits per heavy atom. The molecule has 0 spiro atoms. The van der Waals surface area contributed by atoms with Gasteiger partial charge in [0.15, 0.2) is 0 Å². The Morgan fingerprint density at radius 3 is 1.46 bits per heavy atom. The molecular weight excluding hydrogens is 823 g/mol. The molecule has 0 aliphatic heterocycles. The zero-order chi connectivity index (χ0) is 45.0. The van der Waals surface area contributed by atoms with E-state index in [0.29, 0.717) is 0 Å². The van der Waals surface area contributed by atoms with E-state index < -0.39 is 0 Å². The van der Waals surface area contributed by atoms with Crippen LogP contribution in [0.1, 0.15) is 0 Å². The van der Waals surface area contributed by atoms with Crippen LogP contribution < -0.4 is 4.90 Å². The van der Waals surface area contributed by atoms with E-state index in [1.807, 2.05) is 0 Å². The first kappa shape index (κ1) is 39.4. The smallest absolute Gasteiger partial charge is 0.143 e. The van der Waals surface area contributed by atoms with Gasteiger partial charge in [-0.3, -0.25) is 0 Å². The lowest BCUT2D eigenvalue weighted by molar-refractivity contribution is 0.670.